The first kappa shape index (κ1) is 44.2. The summed E-state index contributed by atoms with van der Waals surface area (Å²) in [6, 6.07) is 6.33. The molecule has 10 nitrogen and oxygen atoms in total. The Labute approximate surface area is 348 Å². The van der Waals surface area contributed by atoms with E-state index in [0.717, 1.165) is 82.1 Å². The van der Waals surface area contributed by atoms with E-state index in [9.17, 15) is 13.2 Å². The number of carbonyl (C=O) groups is 1. The maximum absolute atomic E-state index is 14.1. The number of ether oxygens (including phenoxy) is 3. The van der Waals surface area contributed by atoms with Gasteiger partial charge in [-0.05, 0) is 114 Å². The lowest BCUT2D eigenvalue weighted by Gasteiger charge is -2.53. The highest BCUT2D eigenvalue weighted by Crippen LogP contribution is 2.48. The van der Waals surface area contributed by atoms with E-state index in [2.05, 4.69) is 78.3 Å². The van der Waals surface area contributed by atoms with Crippen molar-refractivity contribution in [2.24, 2.45) is 29.1 Å². The molecular weight excluding hydrogens is 760 g/mol. The second kappa shape index (κ2) is 18.9. The van der Waals surface area contributed by atoms with Gasteiger partial charge in [0.1, 0.15) is 11.4 Å². The van der Waals surface area contributed by atoms with Crippen LogP contribution in [0.25, 0.3) is 0 Å². The summed E-state index contributed by atoms with van der Waals surface area (Å²) in [5.74, 6) is 0.633. The number of nitrogens with zero attached hydrogens (tertiary/aromatic N) is 3. The van der Waals surface area contributed by atoms with E-state index < -0.39 is 26.8 Å². The molecule has 5 aliphatic rings. The zero-order valence-corrected chi connectivity index (χ0v) is 37.1. The number of rotatable bonds is 8. The Hall–Kier alpha value is -2.41. The number of methoxy groups -OCH3 is 1. The lowest BCUT2D eigenvalue weighted by Crippen LogP contribution is -2.61. The second-order valence-electron chi connectivity index (χ2n) is 18.1. The Balaban J connectivity index is 1.42. The molecule has 57 heavy (non-hydrogen) atoms. The SMILES string of the molecule is CCO[C@]1(CN2CCN(C(C)C)[C@H](C)C2)/C=C/C[C@H](C)[C@@H](CCOC)S(=O)(=O)NC(=O)c2ccc3c(c2)N(CCCCC2C=C(Cl)C=CC2(C)CO3)C[C@@H]2CC[C@H]21. The smallest absolute Gasteiger partial charge is 0.264 e. The Morgan fingerprint density at radius 2 is 1.88 bits per heavy atom. The zero-order chi connectivity index (χ0) is 41.0. The molecule has 3 heterocycles. The third-order valence-corrected chi connectivity index (χ3v) is 15.9. The Morgan fingerprint density at radius 3 is 2.58 bits per heavy atom. The third kappa shape index (κ3) is 10.1. The molecule has 3 aliphatic heterocycles. The van der Waals surface area contributed by atoms with Crippen molar-refractivity contribution in [3.8, 4) is 5.75 Å². The minimum absolute atomic E-state index is 0.239. The van der Waals surface area contributed by atoms with Crippen molar-refractivity contribution in [3.05, 3.63) is 59.2 Å². The van der Waals surface area contributed by atoms with Crippen molar-refractivity contribution in [1.29, 1.82) is 0 Å². The van der Waals surface area contributed by atoms with Crippen LogP contribution in [0.4, 0.5) is 5.69 Å². The Kier molecular flexibility index (Phi) is 14.6. The molecule has 0 aromatic heterocycles. The molecule has 0 spiro atoms. The van der Waals surface area contributed by atoms with Crippen LogP contribution in [0.2, 0.25) is 0 Å². The summed E-state index contributed by atoms with van der Waals surface area (Å²) in [7, 11) is -2.50. The van der Waals surface area contributed by atoms with Crippen LogP contribution in [0.5, 0.6) is 5.75 Å². The van der Waals surface area contributed by atoms with Crippen molar-refractivity contribution < 1.29 is 27.4 Å². The second-order valence-corrected chi connectivity index (χ2v) is 20.4. The fraction of sp³-hybridized carbons (Fsp3) is 0.711. The molecule has 12 heteroatoms. The maximum atomic E-state index is 14.1. The molecule has 2 fully saturated rings. The highest BCUT2D eigenvalue weighted by Gasteiger charge is 2.49. The molecule has 2 aliphatic carbocycles. The van der Waals surface area contributed by atoms with Crippen molar-refractivity contribution >= 4 is 33.2 Å². The van der Waals surface area contributed by atoms with Gasteiger partial charge in [0.2, 0.25) is 10.0 Å². The van der Waals surface area contributed by atoms with Gasteiger partial charge in [0.25, 0.3) is 5.91 Å². The molecule has 1 N–H and O–H groups in total. The predicted molar refractivity (Wildman–Crippen MR) is 231 cm³/mol. The summed E-state index contributed by atoms with van der Waals surface area (Å²) in [6.45, 7) is 19.8. The van der Waals surface area contributed by atoms with E-state index >= 15 is 0 Å². The molecule has 1 aromatic carbocycles. The molecule has 8 atom stereocenters. The molecule has 1 aromatic rings. The lowest BCUT2D eigenvalue weighted by atomic mass is 9.63. The van der Waals surface area contributed by atoms with Crippen LogP contribution >= 0.6 is 11.6 Å². The lowest BCUT2D eigenvalue weighted by molar-refractivity contribution is -0.115. The average molecular weight is 830 g/mol. The standard InChI is InChI=1S/C45H69ClN4O6S/c1-8-56-45(30-48-23-24-50(32(2)3)34(5)28-48)20-11-12-33(4)42(19-25-54-7)57(52,53)47-43(51)35-15-17-41-40(26-35)49(29-36-14-16-39(36)45)22-10-9-13-37-27-38(46)18-21-44(37,6)31-55-41/h11,15,17-18,20-21,26-27,32-34,36-37,39,42H,8-10,12-14,16,19,22-25,28-31H2,1-7H3,(H,47,51)/b20-11+/t33-,34+,36-,37?,39+,42+,44?,45-/m0/s1. The highest BCUT2D eigenvalue weighted by atomic mass is 35.5. The molecular formula is C45H69ClN4O6S. The number of carbonyl (C=O) groups excluding carboxylic acids is 1. The van der Waals surface area contributed by atoms with Crippen LogP contribution in [-0.4, -0.2) is 113 Å². The monoisotopic (exact) mass is 828 g/mol. The van der Waals surface area contributed by atoms with Crippen LogP contribution < -0.4 is 14.4 Å². The molecule has 1 saturated heterocycles. The van der Waals surface area contributed by atoms with E-state index in [1.165, 1.54) is 0 Å². The van der Waals surface area contributed by atoms with Gasteiger partial charge in [-0.1, -0.05) is 56.2 Å². The van der Waals surface area contributed by atoms with Crippen LogP contribution in [0, 0.1) is 29.1 Å². The van der Waals surface area contributed by atoms with Gasteiger partial charge in [0.15, 0.2) is 0 Å². The molecule has 2 bridgehead atoms. The van der Waals surface area contributed by atoms with Gasteiger partial charge >= 0.3 is 0 Å². The average Bonchev–Trinajstić information content (AvgIpc) is 3.16. The number of halogens is 1. The predicted octanol–water partition coefficient (Wildman–Crippen LogP) is 7.65. The Bertz CT molecular complexity index is 1750. The van der Waals surface area contributed by atoms with E-state index in [4.69, 9.17) is 25.8 Å². The zero-order valence-electron chi connectivity index (χ0n) is 35.6. The number of allylic oxidation sites excluding steroid dienone is 4. The number of amides is 1. The summed E-state index contributed by atoms with van der Waals surface area (Å²) < 4.78 is 49.9. The van der Waals surface area contributed by atoms with Crippen molar-refractivity contribution in [2.45, 2.75) is 109 Å². The number of anilines is 1. The van der Waals surface area contributed by atoms with Gasteiger partial charge < -0.3 is 19.1 Å². The minimum atomic E-state index is -4.07. The largest absolute Gasteiger partial charge is 0.490 e. The summed E-state index contributed by atoms with van der Waals surface area (Å²) in [6.07, 6.45) is 16.7. The first-order valence-electron chi connectivity index (χ1n) is 21.6. The van der Waals surface area contributed by atoms with Crippen LogP contribution in [0.3, 0.4) is 0 Å². The molecule has 1 amide bonds. The summed E-state index contributed by atoms with van der Waals surface area (Å²) in [5.41, 5.74) is 0.331. The van der Waals surface area contributed by atoms with E-state index in [1.54, 1.807) is 13.2 Å². The number of hydrogen-bond acceptors (Lipinski definition) is 9. The van der Waals surface area contributed by atoms with Gasteiger partial charge in [0.05, 0.1) is 17.5 Å². The first-order valence-corrected chi connectivity index (χ1v) is 23.5. The Morgan fingerprint density at radius 1 is 1.07 bits per heavy atom. The normalized spacial score (nSPS) is 34.8. The number of hydrogen-bond donors (Lipinski definition) is 1. The topological polar surface area (TPSA) is 101 Å². The molecule has 1 saturated carbocycles. The quantitative estimate of drug-likeness (QED) is 0.265. The van der Waals surface area contributed by atoms with Crippen molar-refractivity contribution in [2.75, 3.05) is 71.1 Å². The number of sulfonamides is 1. The van der Waals surface area contributed by atoms with E-state index in [1.807, 2.05) is 25.1 Å². The summed E-state index contributed by atoms with van der Waals surface area (Å²) in [5, 5.41) is -0.0660. The van der Waals surface area contributed by atoms with Crippen molar-refractivity contribution in [3.63, 3.8) is 0 Å². The fourth-order valence-electron chi connectivity index (χ4n) is 10.3. The highest BCUT2D eigenvalue weighted by molar-refractivity contribution is 7.90. The number of benzene rings is 1. The molecule has 2 unspecified atom stereocenters. The summed E-state index contributed by atoms with van der Waals surface area (Å²) in [4.78, 5) is 21.5. The number of nitrogens with one attached hydrogen (secondary N) is 1. The van der Waals surface area contributed by atoms with Gasteiger partial charge in [-0.2, -0.15) is 0 Å². The minimum Gasteiger partial charge on any atom is -0.490 e. The first-order chi connectivity index (χ1) is 27.2. The number of piperazine rings is 1. The summed E-state index contributed by atoms with van der Waals surface area (Å²) >= 11 is 6.53. The van der Waals surface area contributed by atoms with E-state index in [-0.39, 0.29) is 36.2 Å². The van der Waals surface area contributed by atoms with Gasteiger partial charge in [-0.15, -0.1) is 0 Å². The van der Waals surface area contributed by atoms with Crippen molar-refractivity contribution in [1.82, 2.24) is 14.5 Å². The molecule has 6 rings (SSSR count). The number of fused-ring (bicyclic) bond motifs is 3. The van der Waals surface area contributed by atoms with Crippen LogP contribution in [-0.2, 0) is 19.5 Å². The van der Waals surface area contributed by atoms with Gasteiger partial charge in [-0.25, -0.2) is 13.1 Å². The van der Waals surface area contributed by atoms with E-state index in [0.29, 0.717) is 48.9 Å². The van der Waals surface area contributed by atoms with Gasteiger partial charge in [-0.3, -0.25) is 14.6 Å². The van der Waals surface area contributed by atoms with Gasteiger partial charge in [0, 0.05) is 87.7 Å². The fourth-order valence-corrected chi connectivity index (χ4v) is 12.2. The molecule has 0 radical (unpaired) electrons. The third-order valence-electron chi connectivity index (χ3n) is 13.7. The van der Waals surface area contributed by atoms with Crippen LogP contribution in [0.1, 0.15) is 96.8 Å². The molecule has 318 valence electrons. The maximum Gasteiger partial charge on any atom is 0.264 e. The van der Waals surface area contributed by atoms with Crippen LogP contribution in [0.15, 0.2) is 53.6 Å².